The summed E-state index contributed by atoms with van der Waals surface area (Å²) in [4.78, 5) is 32.1. The van der Waals surface area contributed by atoms with Gasteiger partial charge in [0.15, 0.2) is 4.80 Å². The van der Waals surface area contributed by atoms with E-state index < -0.39 is 12.0 Å². The SMILES string of the molecule is CCOC(=O)C1=C(C)N=c2sc(=Cc3ccccc3OCc3ccccc3)c(=O)n2C1c1ccc(C)cc1. The largest absolute Gasteiger partial charge is 0.488 e. The number of aryl methyl sites for hydroxylation is 1. The van der Waals surface area contributed by atoms with Gasteiger partial charge in [-0.2, -0.15) is 0 Å². The molecule has 1 aliphatic heterocycles. The minimum atomic E-state index is -0.627. The van der Waals surface area contributed by atoms with Crippen LogP contribution in [0.2, 0.25) is 0 Å². The zero-order valence-electron chi connectivity index (χ0n) is 21.5. The topological polar surface area (TPSA) is 69.9 Å². The molecule has 7 heteroatoms. The molecule has 0 radical (unpaired) electrons. The lowest BCUT2D eigenvalue weighted by atomic mass is 9.95. The van der Waals surface area contributed by atoms with Gasteiger partial charge in [-0.15, -0.1) is 0 Å². The monoisotopic (exact) mass is 524 g/mol. The van der Waals surface area contributed by atoms with Crippen molar-refractivity contribution in [3.63, 3.8) is 0 Å². The third-order valence-electron chi connectivity index (χ3n) is 6.35. The Labute approximate surface area is 224 Å². The Bertz CT molecular complexity index is 1680. The predicted molar refractivity (Wildman–Crippen MR) is 149 cm³/mol. The minimum absolute atomic E-state index is 0.216. The van der Waals surface area contributed by atoms with Crippen LogP contribution in [-0.4, -0.2) is 17.1 Å². The van der Waals surface area contributed by atoms with Crippen LogP contribution in [0.25, 0.3) is 6.08 Å². The minimum Gasteiger partial charge on any atom is -0.488 e. The molecular formula is C31H28N2O4S. The van der Waals surface area contributed by atoms with E-state index in [1.165, 1.54) is 11.3 Å². The van der Waals surface area contributed by atoms with Crippen LogP contribution < -0.4 is 19.6 Å². The van der Waals surface area contributed by atoms with E-state index in [9.17, 15) is 9.59 Å². The Kier molecular flexibility index (Phi) is 7.38. The van der Waals surface area contributed by atoms with E-state index in [1.807, 2.05) is 91.9 Å². The second-order valence-electron chi connectivity index (χ2n) is 9.03. The van der Waals surface area contributed by atoms with E-state index in [1.54, 1.807) is 18.4 Å². The number of benzene rings is 3. The van der Waals surface area contributed by atoms with Gasteiger partial charge in [0, 0.05) is 5.56 Å². The summed E-state index contributed by atoms with van der Waals surface area (Å²) < 4.78 is 13.6. The fourth-order valence-corrected chi connectivity index (χ4v) is 5.50. The number of hydrogen-bond acceptors (Lipinski definition) is 6. The number of carbonyl (C=O) groups excluding carboxylic acids is 1. The predicted octanol–water partition coefficient (Wildman–Crippen LogP) is 4.69. The van der Waals surface area contributed by atoms with Gasteiger partial charge in [-0.25, -0.2) is 9.79 Å². The number of nitrogens with zero attached hydrogens (tertiary/aromatic N) is 2. The molecule has 38 heavy (non-hydrogen) atoms. The van der Waals surface area contributed by atoms with Crippen LogP contribution in [0.5, 0.6) is 5.75 Å². The summed E-state index contributed by atoms with van der Waals surface area (Å²) in [7, 11) is 0. The normalized spacial score (nSPS) is 15.1. The fraction of sp³-hybridized carbons (Fsp3) is 0.194. The molecule has 1 aromatic heterocycles. The van der Waals surface area contributed by atoms with Crippen molar-refractivity contribution in [2.45, 2.75) is 33.4 Å². The quantitative estimate of drug-likeness (QED) is 0.329. The van der Waals surface area contributed by atoms with Crippen molar-refractivity contribution in [1.82, 2.24) is 4.57 Å². The number of allylic oxidation sites excluding steroid dienone is 1. The molecular weight excluding hydrogens is 496 g/mol. The van der Waals surface area contributed by atoms with Crippen molar-refractivity contribution in [3.05, 3.63) is 132 Å². The van der Waals surface area contributed by atoms with Crippen LogP contribution in [0, 0.1) is 6.92 Å². The number of aromatic nitrogens is 1. The Morgan fingerprint density at radius 1 is 1.00 bits per heavy atom. The lowest BCUT2D eigenvalue weighted by Crippen LogP contribution is -2.39. The van der Waals surface area contributed by atoms with Crippen LogP contribution in [0.1, 0.15) is 42.1 Å². The molecule has 1 atom stereocenters. The number of para-hydroxylation sites is 1. The summed E-state index contributed by atoms with van der Waals surface area (Å²) in [6.07, 6.45) is 1.83. The average molecular weight is 525 g/mol. The second kappa shape index (κ2) is 11.0. The molecule has 5 rings (SSSR count). The van der Waals surface area contributed by atoms with Crippen molar-refractivity contribution in [3.8, 4) is 5.75 Å². The van der Waals surface area contributed by atoms with E-state index >= 15 is 0 Å². The first-order valence-electron chi connectivity index (χ1n) is 12.5. The molecule has 0 amide bonds. The molecule has 4 aromatic rings. The Morgan fingerprint density at radius 2 is 1.71 bits per heavy atom. The van der Waals surface area contributed by atoms with E-state index in [0.717, 1.165) is 22.3 Å². The van der Waals surface area contributed by atoms with Crippen LogP contribution in [0.15, 0.2) is 99.9 Å². The van der Waals surface area contributed by atoms with Gasteiger partial charge < -0.3 is 9.47 Å². The lowest BCUT2D eigenvalue weighted by molar-refractivity contribution is -0.139. The molecule has 0 saturated heterocycles. The Balaban J connectivity index is 1.61. The Hall–Kier alpha value is -4.23. The van der Waals surface area contributed by atoms with Crippen LogP contribution >= 0.6 is 11.3 Å². The van der Waals surface area contributed by atoms with Crippen LogP contribution in [-0.2, 0) is 16.1 Å². The maximum atomic E-state index is 13.9. The second-order valence-corrected chi connectivity index (χ2v) is 10.0. The highest BCUT2D eigenvalue weighted by molar-refractivity contribution is 7.07. The molecule has 1 aliphatic rings. The molecule has 3 aromatic carbocycles. The number of fused-ring (bicyclic) bond motifs is 1. The van der Waals surface area contributed by atoms with Crippen molar-refractivity contribution >= 4 is 23.4 Å². The average Bonchev–Trinajstić information content (AvgIpc) is 3.22. The molecule has 1 unspecified atom stereocenters. The third kappa shape index (κ3) is 5.10. The van der Waals surface area contributed by atoms with Crippen LogP contribution in [0.4, 0.5) is 0 Å². The molecule has 192 valence electrons. The molecule has 6 nitrogen and oxygen atoms in total. The van der Waals surface area contributed by atoms with Crippen molar-refractivity contribution in [1.29, 1.82) is 0 Å². The number of thiazole rings is 1. The summed E-state index contributed by atoms with van der Waals surface area (Å²) in [6.45, 7) is 6.21. The Morgan fingerprint density at radius 3 is 2.45 bits per heavy atom. The van der Waals surface area contributed by atoms with Gasteiger partial charge in [-0.3, -0.25) is 9.36 Å². The van der Waals surface area contributed by atoms with E-state index in [-0.39, 0.29) is 12.2 Å². The summed E-state index contributed by atoms with van der Waals surface area (Å²) in [5.41, 5.74) is 4.48. The molecule has 0 N–H and O–H groups in total. The van der Waals surface area contributed by atoms with Gasteiger partial charge in [-0.05, 0) is 44.0 Å². The number of rotatable bonds is 7. The molecule has 0 fully saturated rings. The first kappa shape index (κ1) is 25.4. The van der Waals surface area contributed by atoms with Crippen molar-refractivity contribution in [2.24, 2.45) is 4.99 Å². The van der Waals surface area contributed by atoms with E-state index in [2.05, 4.69) is 4.99 Å². The van der Waals surface area contributed by atoms with Gasteiger partial charge in [0.1, 0.15) is 12.4 Å². The van der Waals surface area contributed by atoms with Crippen molar-refractivity contribution < 1.29 is 14.3 Å². The molecule has 2 heterocycles. The zero-order valence-corrected chi connectivity index (χ0v) is 22.3. The third-order valence-corrected chi connectivity index (χ3v) is 7.34. The number of hydrogen-bond donors (Lipinski definition) is 0. The fourth-order valence-electron chi connectivity index (χ4n) is 4.46. The van der Waals surface area contributed by atoms with Crippen molar-refractivity contribution in [2.75, 3.05) is 6.61 Å². The highest BCUT2D eigenvalue weighted by Crippen LogP contribution is 2.31. The highest BCUT2D eigenvalue weighted by atomic mass is 32.1. The molecule has 0 bridgehead atoms. The summed E-state index contributed by atoms with van der Waals surface area (Å²) in [6, 6.07) is 24.8. The molecule has 0 aliphatic carbocycles. The van der Waals surface area contributed by atoms with Gasteiger partial charge >= 0.3 is 5.97 Å². The number of carbonyl (C=O) groups is 1. The van der Waals surface area contributed by atoms with E-state index in [4.69, 9.17) is 9.47 Å². The van der Waals surface area contributed by atoms with Gasteiger partial charge in [0.2, 0.25) is 0 Å². The zero-order chi connectivity index (χ0) is 26.6. The summed E-state index contributed by atoms with van der Waals surface area (Å²) in [5.74, 6) is 0.217. The number of ether oxygens (including phenoxy) is 2. The summed E-state index contributed by atoms with van der Waals surface area (Å²) in [5, 5.41) is 0. The van der Waals surface area contributed by atoms with Gasteiger partial charge in [0.05, 0.1) is 28.5 Å². The van der Waals surface area contributed by atoms with E-state index in [0.29, 0.717) is 33.0 Å². The van der Waals surface area contributed by atoms with Gasteiger partial charge in [-0.1, -0.05) is 89.7 Å². The lowest BCUT2D eigenvalue weighted by Gasteiger charge is -2.24. The highest BCUT2D eigenvalue weighted by Gasteiger charge is 2.33. The van der Waals surface area contributed by atoms with Crippen LogP contribution in [0.3, 0.4) is 0 Å². The maximum absolute atomic E-state index is 13.9. The standard InChI is InChI=1S/C31H28N2O4S/c1-4-36-30(35)27-21(3)32-31-33(28(27)23-16-14-20(2)15-17-23)29(34)26(38-31)18-24-12-8-9-13-25(24)37-19-22-10-6-5-7-11-22/h5-18,28H,4,19H2,1-3H3. The van der Waals surface area contributed by atoms with Gasteiger partial charge in [0.25, 0.3) is 5.56 Å². The number of esters is 1. The smallest absolute Gasteiger partial charge is 0.338 e. The first-order chi connectivity index (χ1) is 18.5. The molecule has 0 spiro atoms. The maximum Gasteiger partial charge on any atom is 0.338 e. The first-order valence-corrected chi connectivity index (χ1v) is 13.3. The molecule has 0 saturated carbocycles. The summed E-state index contributed by atoms with van der Waals surface area (Å²) >= 11 is 1.30.